The maximum absolute atomic E-state index is 11.2. The van der Waals surface area contributed by atoms with E-state index in [-0.39, 0.29) is 53.1 Å². The van der Waals surface area contributed by atoms with Gasteiger partial charge in [0, 0.05) is 7.05 Å². The van der Waals surface area contributed by atoms with Crippen molar-refractivity contribution >= 4 is 29.7 Å². The number of alkyl carbamates (subject to hydrolysis) is 1. The number of aliphatic carboxylic acids is 1. The van der Waals surface area contributed by atoms with E-state index in [1.54, 1.807) is 0 Å². The van der Waals surface area contributed by atoms with Crippen molar-refractivity contribution in [1.82, 2.24) is 10.2 Å². The molecule has 2 aliphatic heterocycles. The maximum atomic E-state index is 11.2. The Hall–Kier alpha value is -0.700. The first kappa shape index (κ1) is 15.4. The summed E-state index contributed by atoms with van der Waals surface area (Å²) in [6, 6.07) is 0. The van der Waals surface area contributed by atoms with E-state index >= 15 is 0 Å². The number of ether oxygens (including phenoxy) is 1. The van der Waals surface area contributed by atoms with Gasteiger partial charge in [-0.2, -0.15) is 0 Å². The number of thioether (sulfide) groups is 1. The molecule has 1 N–H and O–H groups in total. The molecule has 0 unspecified atom stereocenters. The van der Waals surface area contributed by atoms with E-state index < -0.39 is 12.1 Å². The molecule has 0 aromatic rings. The Morgan fingerprint density at radius 1 is 1.61 bits per heavy atom. The fraction of sp³-hybridized carbons (Fsp3) is 0.444. The number of carboxylic acid groups (broad SMARTS) is 1. The molecule has 1 atom stereocenters. The smallest absolute Gasteiger partial charge is 0.543 e. The number of β-lactam (4-membered cyclic amide) rings is 1. The van der Waals surface area contributed by atoms with Gasteiger partial charge in [-0.15, -0.1) is 0 Å². The Bertz CT molecular complexity index is 439. The topological polar surface area (TPSA) is 98.8 Å². The summed E-state index contributed by atoms with van der Waals surface area (Å²) in [6.45, 7) is -0.173. The van der Waals surface area contributed by atoms with Crippen LogP contribution in [0.15, 0.2) is 10.6 Å². The quantitative estimate of drug-likeness (QED) is 0.414. The number of hydrogen-bond acceptors (Lipinski definition) is 6. The van der Waals surface area contributed by atoms with Crippen LogP contribution in [0.2, 0.25) is 0 Å². The zero-order chi connectivity index (χ0) is 12.6. The number of carbonyl (C=O) groups excluding carboxylic acids is 3. The Balaban J connectivity index is 0.00000162. The average Bonchev–Trinajstić information content (AvgIpc) is 2.58. The predicted octanol–water partition coefficient (Wildman–Crippen LogP) is -4.39. The molecular formula is C9H9N2NaO5S. The fourth-order valence-corrected chi connectivity index (χ4v) is 2.93. The van der Waals surface area contributed by atoms with Crippen LogP contribution in [0.25, 0.3) is 0 Å². The maximum Gasteiger partial charge on any atom is 1.00 e. The second-order valence-corrected chi connectivity index (χ2v) is 4.70. The Labute approximate surface area is 129 Å². The number of carbonyl (C=O) groups is 3. The van der Waals surface area contributed by atoms with Gasteiger partial charge in [0.05, 0.1) is 28.4 Å². The van der Waals surface area contributed by atoms with Crippen molar-refractivity contribution in [2.24, 2.45) is 0 Å². The summed E-state index contributed by atoms with van der Waals surface area (Å²) < 4.78 is 4.76. The first-order chi connectivity index (χ1) is 8.04. The van der Waals surface area contributed by atoms with Gasteiger partial charge in [0.15, 0.2) is 0 Å². The second kappa shape index (κ2) is 5.96. The zero-order valence-corrected chi connectivity index (χ0v) is 12.7. The van der Waals surface area contributed by atoms with E-state index in [9.17, 15) is 19.5 Å². The molecule has 0 aromatic heterocycles. The van der Waals surface area contributed by atoms with Gasteiger partial charge in [0.1, 0.15) is 6.61 Å². The van der Waals surface area contributed by atoms with E-state index in [0.717, 1.165) is 0 Å². The van der Waals surface area contributed by atoms with E-state index in [1.165, 1.54) is 23.7 Å². The van der Waals surface area contributed by atoms with E-state index in [4.69, 9.17) is 4.74 Å². The zero-order valence-electron chi connectivity index (χ0n) is 9.89. The minimum absolute atomic E-state index is 0. The molecule has 0 saturated carbocycles. The summed E-state index contributed by atoms with van der Waals surface area (Å²) in [7, 11) is 1.40. The van der Waals surface area contributed by atoms with Crippen LogP contribution in [0, 0.1) is 0 Å². The Morgan fingerprint density at radius 3 is 2.78 bits per heavy atom. The Morgan fingerprint density at radius 2 is 2.28 bits per heavy atom. The van der Waals surface area contributed by atoms with Crippen molar-refractivity contribution in [3.63, 3.8) is 0 Å². The first-order valence-corrected chi connectivity index (χ1v) is 5.70. The van der Waals surface area contributed by atoms with Crippen molar-refractivity contribution in [2.75, 3.05) is 13.7 Å². The van der Waals surface area contributed by atoms with Crippen LogP contribution in [-0.2, 0) is 14.3 Å². The number of fused-ring (bicyclic) bond motifs is 1. The monoisotopic (exact) mass is 280 g/mol. The van der Waals surface area contributed by atoms with Crippen LogP contribution in [0.4, 0.5) is 4.79 Å². The molecule has 92 valence electrons. The molecule has 1 fully saturated rings. The number of hydrogen-bond donors (Lipinski definition) is 1. The molecule has 18 heavy (non-hydrogen) atoms. The normalized spacial score (nSPS) is 20.8. The van der Waals surface area contributed by atoms with E-state index in [1.807, 2.05) is 0 Å². The van der Waals surface area contributed by atoms with Crippen molar-refractivity contribution < 1.29 is 53.8 Å². The molecule has 2 amide bonds. The van der Waals surface area contributed by atoms with Crippen LogP contribution in [0.5, 0.6) is 0 Å². The summed E-state index contributed by atoms with van der Waals surface area (Å²) in [5.41, 5.74) is -0.180. The van der Waals surface area contributed by atoms with Gasteiger partial charge in [-0.05, 0) is 0 Å². The van der Waals surface area contributed by atoms with Crippen LogP contribution in [0.1, 0.15) is 6.42 Å². The number of amides is 2. The van der Waals surface area contributed by atoms with Crippen molar-refractivity contribution in [3.8, 4) is 0 Å². The summed E-state index contributed by atoms with van der Waals surface area (Å²) in [4.78, 5) is 34.5. The third kappa shape index (κ3) is 2.66. The van der Waals surface area contributed by atoms with Gasteiger partial charge < -0.3 is 20.0 Å². The first-order valence-electron chi connectivity index (χ1n) is 4.82. The molecule has 2 heterocycles. The van der Waals surface area contributed by atoms with Gasteiger partial charge in [0.2, 0.25) is 5.91 Å². The minimum Gasteiger partial charge on any atom is -0.543 e. The van der Waals surface area contributed by atoms with Crippen molar-refractivity contribution in [1.29, 1.82) is 0 Å². The van der Waals surface area contributed by atoms with Gasteiger partial charge in [-0.1, -0.05) is 11.8 Å². The molecule has 2 aliphatic rings. The number of carboxylic acids is 1. The van der Waals surface area contributed by atoms with Gasteiger partial charge in [-0.3, -0.25) is 9.69 Å². The van der Waals surface area contributed by atoms with Crippen LogP contribution in [0.3, 0.4) is 0 Å². The SMILES string of the molecule is CNC(=O)OCC1=C(C(=O)[O-])N2C(=O)C[C@@H]2S1.[Na+]. The fourth-order valence-electron chi connectivity index (χ4n) is 1.62. The predicted molar refractivity (Wildman–Crippen MR) is 55.3 cm³/mol. The summed E-state index contributed by atoms with van der Waals surface area (Å²) in [6.07, 6.45) is -0.360. The third-order valence-electron chi connectivity index (χ3n) is 2.42. The largest absolute Gasteiger partial charge is 1.00 e. The molecule has 2 rings (SSSR count). The molecule has 9 heteroatoms. The minimum atomic E-state index is -1.43. The summed E-state index contributed by atoms with van der Waals surface area (Å²) in [5.74, 6) is -1.68. The molecule has 0 aliphatic carbocycles. The standard InChI is InChI=1S/C9H10N2O5S.Na/c1-10-9(15)16-3-4-7(8(13)14)11-5(12)2-6(11)17-4;/h6H,2-3H2,1H3,(H,10,15)(H,13,14);/q;+1/p-1/t6-;/m0./s1. The van der Waals surface area contributed by atoms with Crippen LogP contribution >= 0.6 is 11.8 Å². The second-order valence-electron chi connectivity index (χ2n) is 3.43. The average molecular weight is 280 g/mol. The van der Waals surface area contributed by atoms with Crippen molar-refractivity contribution in [2.45, 2.75) is 11.8 Å². The van der Waals surface area contributed by atoms with E-state index in [2.05, 4.69) is 5.32 Å². The van der Waals surface area contributed by atoms with E-state index in [0.29, 0.717) is 11.3 Å². The molecular weight excluding hydrogens is 271 g/mol. The molecule has 7 nitrogen and oxygen atoms in total. The van der Waals surface area contributed by atoms with Gasteiger partial charge in [0.25, 0.3) is 0 Å². The van der Waals surface area contributed by atoms with Crippen LogP contribution < -0.4 is 40.0 Å². The number of rotatable bonds is 3. The van der Waals surface area contributed by atoms with Gasteiger partial charge >= 0.3 is 35.7 Å². The molecule has 0 aromatic carbocycles. The Kier molecular flexibility index (Phi) is 5.09. The molecule has 0 spiro atoms. The molecule has 0 radical (unpaired) electrons. The van der Waals surface area contributed by atoms with Crippen molar-refractivity contribution in [3.05, 3.63) is 10.6 Å². The molecule has 1 saturated heterocycles. The molecule has 0 bridgehead atoms. The number of nitrogens with one attached hydrogen (secondary N) is 1. The van der Waals surface area contributed by atoms with Crippen LogP contribution in [-0.4, -0.2) is 41.9 Å². The summed E-state index contributed by atoms with van der Waals surface area (Å²) in [5, 5.41) is 13.0. The summed E-state index contributed by atoms with van der Waals surface area (Å²) >= 11 is 1.21. The third-order valence-corrected chi connectivity index (χ3v) is 3.67. The van der Waals surface area contributed by atoms with Gasteiger partial charge in [-0.25, -0.2) is 4.79 Å². The number of nitrogens with zero attached hydrogens (tertiary/aromatic N) is 1.